The van der Waals surface area contributed by atoms with Crippen LogP contribution < -0.4 is 9.62 Å². The molecule has 2 atom stereocenters. The third-order valence-electron chi connectivity index (χ3n) is 7.21. The number of aromatic nitrogens is 2. The molecule has 3 aromatic carbocycles. The Morgan fingerprint density at radius 3 is 2.77 bits per heavy atom. The summed E-state index contributed by atoms with van der Waals surface area (Å²) in [7, 11) is 3.60. The number of nitrogens with one attached hydrogen (secondary N) is 1. The minimum atomic E-state index is -0.330. The number of carbonyl (C=O) groups excluding carboxylic acids is 1. The van der Waals surface area contributed by atoms with Crippen molar-refractivity contribution in [3.63, 3.8) is 0 Å². The third kappa shape index (κ3) is 6.73. The summed E-state index contributed by atoms with van der Waals surface area (Å²) in [5.74, 6) is 0.809. The van der Waals surface area contributed by atoms with E-state index in [0.717, 1.165) is 46.3 Å². The van der Waals surface area contributed by atoms with Crippen molar-refractivity contribution in [1.82, 2.24) is 14.3 Å². The second-order valence-electron chi connectivity index (χ2n) is 9.78. The summed E-state index contributed by atoms with van der Waals surface area (Å²) in [6, 6.07) is 24.3. The highest BCUT2D eigenvalue weighted by atomic mass is 35.5. The number of imidazole rings is 1. The minimum Gasteiger partial charge on any atom is -0.376 e. The topological polar surface area (TPSA) is 59.4 Å². The summed E-state index contributed by atoms with van der Waals surface area (Å²) in [5, 5.41) is 0.724. The Balaban J connectivity index is 1.42. The summed E-state index contributed by atoms with van der Waals surface area (Å²) in [4.78, 5) is 21.3. The first-order valence-electron chi connectivity index (χ1n) is 13.2. The van der Waals surface area contributed by atoms with Crippen LogP contribution in [-0.2, 0) is 29.5 Å². The molecule has 0 aliphatic heterocycles. The zero-order chi connectivity index (χ0) is 27.2. The lowest BCUT2D eigenvalue weighted by Gasteiger charge is -2.30. The minimum absolute atomic E-state index is 0.0118. The van der Waals surface area contributed by atoms with Gasteiger partial charge in [-0.05, 0) is 78.2 Å². The fourth-order valence-electron chi connectivity index (χ4n) is 5.03. The maximum Gasteiger partial charge on any atom is 0.230 e. The molecule has 0 saturated carbocycles. The third-order valence-corrected chi connectivity index (χ3v) is 8.34. The van der Waals surface area contributed by atoms with E-state index in [1.807, 2.05) is 71.2 Å². The van der Waals surface area contributed by atoms with E-state index in [-0.39, 0.29) is 24.5 Å². The van der Waals surface area contributed by atoms with Gasteiger partial charge in [0.2, 0.25) is 5.91 Å². The number of methoxy groups -OCH3 is 1. The van der Waals surface area contributed by atoms with Crippen molar-refractivity contribution in [1.29, 1.82) is 0 Å². The van der Waals surface area contributed by atoms with Crippen LogP contribution in [0.5, 0.6) is 0 Å². The van der Waals surface area contributed by atoms with E-state index >= 15 is 0 Å². The monoisotopic (exact) mass is 560 g/mol. The number of hydrogen-bond acceptors (Lipinski definition) is 5. The number of hydrogen-bond donors (Lipinski definition) is 1. The van der Waals surface area contributed by atoms with E-state index in [2.05, 4.69) is 34.0 Å². The Hall–Kier alpha value is -3.10. The molecule has 1 aliphatic carbocycles. The molecule has 4 aromatic rings. The molecular formula is C31H33ClN4O2S. The number of halogens is 1. The van der Waals surface area contributed by atoms with Gasteiger partial charge in [-0.3, -0.25) is 9.52 Å². The van der Waals surface area contributed by atoms with Crippen molar-refractivity contribution in [3.05, 3.63) is 113 Å². The predicted octanol–water partition coefficient (Wildman–Crippen LogP) is 7.06. The Labute approximate surface area is 239 Å². The molecule has 0 bridgehead atoms. The van der Waals surface area contributed by atoms with E-state index in [1.54, 1.807) is 25.3 Å². The molecule has 1 amide bonds. The molecule has 1 aromatic heterocycles. The van der Waals surface area contributed by atoms with Gasteiger partial charge in [0.05, 0.1) is 19.1 Å². The Kier molecular flexibility index (Phi) is 9.04. The van der Waals surface area contributed by atoms with Crippen LogP contribution in [-0.4, -0.2) is 22.6 Å². The number of benzene rings is 3. The second kappa shape index (κ2) is 12.8. The number of ether oxygens (including phenoxy) is 1. The zero-order valence-electron chi connectivity index (χ0n) is 22.2. The maximum absolute atomic E-state index is 13.9. The standard InChI is InChI=1S/C31H33ClN4O2S/c1-35-17-16-33-30(35)21-36(31(37)20-29(38-2)23-8-4-3-5-9-23)25-15-14-22-10-6-13-28(27(22)19-25)34-39-26-12-7-11-24(32)18-26/h3-5,7-9,11-12,14-19,28-29,34H,6,10,13,20-21H2,1-2H3. The van der Waals surface area contributed by atoms with E-state index in [1.165, 1.54) is 11.1 Å². The van der Waals surface area contributed by atoms with Crippen LogP contribution in [0.4, 0.5) is 5.69 Å². The molecule has 39 heavy (non-hydrogen) atoms. The lowest BCUT2D eigenvalue weighted by Crippen LogP contribution is -2.33. The van der Waals surface area contributed by atoms with Crippen molar-refractivity contribution in [3.8, 4) is 0 Å². The van der Waals surface area contributed by atoms with Gasteiger partial charge < -0.3 is 14.2 Å². The van der Waals surface area contributed by atoms with Gasteiger partial charge in [0.15, 0.2) is 0 Å². The van der Waals surface area contributed by atoms with Gasteiger partial charge in [-0.2, -0.15) is 0 Å². The molecule has 1 heterocycles. The number of aryl methyl sites for hydroxylation is 2. The molecule has 8 heteroatoms. The molecule has 1 aliphatic rings. The first-order valence-corrected chi connectivity index (χ1v) is 14.4. The molecule has 2 unspecified atom stereocenters. The molecule has 6 nitrogen and oxygen atoms in total. The highest BCUT2D eigenvalue weighted by Crippen LogP contribution is 2.36. The summed E-state index contributed by atoms with van der Waals surface area (Å²) in [6.07, 6.45) is 6.74. The van der Waals surface area contributed by atoms with Gasteiger partial charge in [-0.25, -0.2) is 4.98 Å². The first-order chi connectivity index (χ1) is 19.0. The van der Waals surface area contributed by atoms with E-state index < -0.39 is 0 Å². The fourth-order valence-corrected chi connectivity index (χ4v) is 6.14. The van der Waals surface area contributed by atoms with Crippen molar-refractivity contribution in [2.75, 3.05) is 12.0 Å². The highest BCUT2D eigenvalue weighted by Gasteiger charge is 2.26. The SMILES string of the molecule is COC(CC(=O)N(Cc1nccn1C)c1ccc2c(c1)C(NSc1cccc(Cl)c1)CCC2)c1ccccc1. The number of amides is 1. The second-order valence-corrected chi connectivity index (χ2v) is 11.1. The van der Waals surface area contributed by atoms with Crippen LogP contribution in [0.15, 0.2) is 90.1 Å². The fraction of sp³-hybridized carbons (Fsp3) is 0.290. The Bertz CT molecular complexity index is 1410. The summed E-state index contributed by atoms with van der Waals surface area (Å²) in [6.45, 7) is 0.377. The summed E-state index contributed by atoms with van der Waals surface area (Å²) < 4.78 is 11.4. The maximum atomic E-state index is 13.9. The van der Waals surface area contributed by atoms with Gasteiger partial charge in [0.25, 0.3) is 0 Å². The van der Waals surface area contributed by atoms with E-state index in [0.29, 0.717) is 6.54 Å². The lowest BCUT2D eigenvalue weighted by molar-refractivity contribution is -0.121. The van der Waals surface area contributed by atoms with Crippen LogP contribution in [0, 0.1) is 0 Å². The predicted molar refractivity (Wildman–Crippen MR) is 158 cm³/mol. The molecule has 0 spiro atoms. The summed E-state index contributed by atoms with van der Waals surface area (Å²) in [5.41, 5.74) is 4.40. The molecule has 5 rings (SSSR count). The average molecular weight is 561 g/mol. The van der Waals surface area contributed by atoms with Gasteiger partial charge in [-0.1, -0.05) is 54.1 Å². The zero-order valence-corrected chi connectivity index (χ0v) is 23.8. The van der Waals surface area contributed by atoms with Gasteiger partial charge in [0.1, 0.15) is 5.82 Å². The van der Waals surface area contributed by atoms with Crippen LogP contribution in [0.3, 0.4) is 0 Å². The highest BCUT2D eigenvalue weighted by molar-refractivity contribution is 7.97. The number of nitrogens with zero attached hydrogens (tertiary/aromatic N) is 3. The summed E-state index contributed by atoms with van der Waals surface area (Å²) >= 11 is 7.79. The van der Waals surface area contributed by atoms with Crippen molar-refractivity contribution in [2.24, 2.45) is 7.05 Å². The normalized spacial score (nSPS) is 15.5. The largest absolute Gasteiger partial charge is 0.376 e. The van der Waals surface area contributed by atoms with Gasteiger partial charge in [-0.15, -0.1) is 0 Å². The quantitative estimate of drug-likeness (QED) is 0.210. The number of rotatable bonds is 10. The van der Waals surface area contributed by atoms with Gasteiger partial charge in [0, 0.05) is 48.2 Å². The van der Waals surface area contributed by atoms with E-state index in [4.69, 9.17) is 16.3 Å². The number of anilines is 1. The molecule has 0 radical (unpaired) electrons. The average Bonchev–Trinajstić information content (AvgIpc) is 3.37. The van der Waals surface area contributed by atoms with E-state index in [9.17, 15) is 4.79 Å². The number of carbonyl (C=O) groups is 1. The Morgan fingerprint density at radius 2 is 2.03 bits per heavy atom. The Morgan fingerprint density at radius 1 is 1.18 bits per heavy atom. The van der Waals surface area contributed by atoms with Crippen molar-refractivity contribution >= 4 is 35.1 Å². The van der Waals surface area contributed by atoms with Crippen molar-refractivity contribution in [2.45, 2.75) is 49.3 Å². The van der Waals surface area contributed by atoms with Crippen LogP contribution in [0.2, 0.25) is 5.02 Å². The number of fused-ring (bicyclic) bond motifs is 1. The van der Waals surface area contributed by atoms with Gasteiger partial charge >= 0.3 is 0 Å². The van der Waals surface area contributed by atoms with Crippen molar-refractivity contribution < 1.29 is 9.53 Å². The van der Waals surface area contributed by atoms with Crippen LogP contribution >= 0.6 is 23.5 Å². The molecular weight excluding hydrogens is 528 g/mol. The van der Waals surface area contributed by atoms with Crippen LogP contribution in [0.25, 0.3) is 0 Å². The first kappa shape index (κ1) is 27.5. The molecule has 202 valence electrons. The smallest absolute Gasteiger partial charge is 0.230 e. The molecule has 1 N–H and O–H groups in total. The molecule has 0 fully saturated rings. The lowest BCUT2D eigenvalue weighted by atomic mass is 9.87. The molecule has 0 saturated heterocycles. The van der Waals surface area contributed by atoms with Crippen LogP contribution in [0.1, 0.15) is 53.9 Å².